The van der Waals surface area contributed by atoms with Crippen molar-refractivity contribution in [1.29, 1.82) is 0 Å². The van der Waals surface area contributed by atoms with E-state index >= 15 is 0 Å². The van der Waals surface area contributed by atoms with Gasteiger partial charge in [-0.1, -0.05) is 34.1 Å². The van der Waals surface area contributed by atoms with Gasteiger partial charge in [-0.2, -0.15) is 0 Å². The maximum atomic E-state index is 12.8. The van der Waals surface area contributed by atoms with Crippen LogP contribution in [-0.2, 0) is 0 Å². The second kappa shape index (κ2) is 5.32. The van der Waals surface area contributed by atoms with E-state index < -0.39 is 0 Å². The monoisotopic (exact) mass is 293 g/mol. The van der Waals surface area contributed by atoms with Crippen LogP contribution in [0.4, 0.5) is 10.1 Å². The molecular weight excluding hydrogens is 281 g/mol. The third-order valence-corrected chi connectivity index (χ3v) is 3.32. The van der Waals surface area contributed by atoms with Crippen LogP contribution in [0.5, 0.6) is 0 Å². The molecule has 0 bridgehead atoms. The van der Waals surface area contributed by atoms with E-state index in [1.54, 1.807) is 12.1 Å². The van der Waals surface area contributed by atoms with Crippen LogP contribution in [0.15, 0.2) is 53.0 Å². The van der Waals surface area contributed by atoms with E-state index in [1.165, 1.54) is 17.7 Å². The van der Waals surface area contributed by atoms with Crippen molar-refractivity contribution in [3.8, 4) is 0 Å². The minimum absolute atomic E-state index is 0.163. The zero-order valence-corrected chi connectivity index (χ0v) is 11.0. The van der Waals surface area contributed by atoms with Crippen molar-refractivity contribution in [3.63, 3.8) is 0 Å². The van der Waals surface area contributed by atoms with Crippen LogP contribution < -0.4 is 5.32 Å². The van der Waals surface area contributed by atoms with Crippen molar-refractivity contribution in [2.75, 3.05) is 5.32 Å². The van der Waals surface area contributed by atoms with Gasteiger partial charge in [0.15, 0.2) is 0 Å². The Morgan fingerprint density at radius 1 is 1.06 bits per heavy atom. The Labute approximate surface area is 109 Å². The summed E-state index contributed by atoms with van der Waals surface area (Å²) >= 11 is 3.52. The second-order valence-electron chi connectivity index (χ2n) is 3.89. The highest BCUT2D eigenvalue weighted by Crippen LogP contribution is 2.25. The summed E-state index contributed by atoms with van der Waals surface area (Å²) < 4.78 is 13.8. The van der Waals surface area contributed by atoms with E-state index in [0.29, 0.717) is 0 Å². The minimum atomic E-state index is -0.218. The molecule has 1 nitrogen and oxygen atoms in total. The fourth-order valence-corrected chi connectivity index (χ4v) is 2.33. The van der Waals surface area contributed by atoms with Crippen LogP contribution in [0.2, 0.25) is 0 Å². The van der Waals surface area contributed by atoms with Crippen molar-refractivity contribution in [2.45, 2.75) is 13.0 Å². The Balaban J connectivity index is 2.14. The Hall–Kier alpha value is -1.35. The maximum absolute atomic E-state index is 12.8. The summed E-state index contributed by atoms with van der Waals surface area (Å²) in [5.74, 6) is -0.218. The van der Waals surface area contributed by atoms with Gasteiger partial charge in [0.05, 0.1) is 0 Å². The first-order valence-electron chi connectivity index (χ1n) is 5.43. The fourth-order valence-electron chi connectivity index (χ4n) is 1.70. The first-order valence-corrected chi connectivity index (χ1v) is 6.22. The molecule has 0 aliphatic rings. The van der Waals surface area contributed by atoms with Crippen LogP contribution in [-0.4, -0.2) is 0 Å². The molecule has 0 radical (unpaired) electrons. The molecule has 0 aliphatic carbocycles. The third kappa shape index (κ3) is 3.07. The molecule has 0 spiro atoms. The molecule has 0 aliphatic heterocycles. The number of hydrogen-bond acceptors (Lipinski definition) is 1. The summed E-state index contributed by atoms with van der Waals surface area (Å²) in [6, 6.07) is 14.6. The van der Waals surface area contributed by atoms with Gasteiger partial charge in [-0.15, -0.1) is 0 Å². The largest absolute Gasteiger partial charge is 0.378 e. The molecule has 1 atom stereocenters. The lowest BCUT2D eigenvalue weighted by atomic mass is 10.1. The first-order chi connectivity index (χ1) is 8.16. The molecule has 2 aromatic carbocycles. The Morgan fingerprint density at radius 3 is 2.35 bits per heavy atom. The highest BCUT2D eigenvalue weighted by molar-refractivity contribution is 9.10. The number of anilines is 1. The molecule has 0 amide bonds. The highest BCUT2D eigenvalue weighted by atomic mass is 79.9. The maximum Gasteiger partial charge on any atom is 0.123 e. The van der Waals surface area contributed by atoms with Gasteiger partial charge in [0.25, 0.3) is 0 Å². The van der Waals surface area contributed by atoms with Crippen molar-refractivity contribution in [1.82, 2.24) is 0 Å². The van der Waals surface area contributed by atoms with Crippen LogP contribution in [0.25, 0.3) is 0 Å². The van der Waals surface area contributed by atoms with Gasteiger partial charge in [0.2, 0.25) is 0 Å². The summed E-state index contributed by atoms with van der Waals surface area (Å²) in [4.78, 5) is 0. The molecule has 2 aromatic rings. The molecule has 0 aromatic heterocycles. The highest BCUT2D eigenvalue weighted by Gasteiger charge is 2.08. The van der Waals surface area contributed by atoms with Crippen molar-refractivity contribution < 1.29 is 4.39 Å². The topological polar surface area (TPSA) is 12.0 Å². The summed E-state index contributed by atoms with van der Waals surface area (Å²) in [6.45, 7) is 2.07. The average molecular weight is 294 g/mol. The molecule has 1 N–H and O–H groups in total. The predicted octanol–water partition coefficient (Wildman–Crippen LogP) is 4.76. The molecule has 0 saturated heterocycles. The molecule has 88 valence electrons. The van der Waals surface area contributed by atoms with Gasteiger partial charge in [-0.3, -0.25) is 0 Å². The second-order valence-corrected chi connectivity index (χ2v) is 4.75. The number of hydrogen-bond donors (Lipinski definition) is 1. The Kier molecular flexibility index (Phi) is 3.79. The number of nitrogens with one attached hydrogen (secondary N) is 1. The fraction of sp³-hybridized carbons (Fsp3) is 0.143. The molecule has 1 unspecified atom stereocenters. The van der Waals surface area contributed by atoms with Crippen LogP contribution >= 0.6 is 15.9 Å². The van der Waals surface area contributed by atoms with Gasteiger partial charge in [0, 0.05) is 16.2 Å². The van der Waals surface area contributed by atoms with E-state index in [-0.39, 0.29) is 11.9 Å². The SMILES string of the molecule is CC(Nc1ccc(F)cc1)c1ccccc1Br. The molecule has 0 fully saturated rings. The number of rotatable bonds is 3. The van der Waals surface area contributed by atoms with Gasteiger partial charge in [0.1, 0.15) is 5.82 Å². The number of benzene rings is 2. The zero-order valence-electron chi connectivity index (χ0n) is 9.45. The third-order valence-electron chi connectivity index (χ3n) is 2.60. The van der Waals surface area contributed by atoms with Crippen molar-refractivity contribution in [2.24, 2.45) is 0 Å². The lowest BCUT2D eigenvalue weighted by Gasteiger charge is -2.17. The lowest BCUT2D eigenvalue weighted by Crippen LogP contribution is -2.07. The summed E-state index contributed by atoms with van der Waals surface area (Å²) in [5, 5.41) is 3.33. The van der Waals surface area contributed by atoms with E-state index in [2.05, 4.69) is 34.2 Å². The van der Waals surface area contributed by atoms with Crippen LogP contribution in [0, 0.1) is 5.82 Å². The average Bonchev–Trinajstić information content (AvgIpc) is 2.32. The summed E-state index contributed by atoms with van der Waals surface area (Å²) in [5.41, 5.74) is 2.09. The molecule has 3 heteroatoms. The zero-order chi connectivity index (χ0) is 12.3. The minimum Gasteiger partial charge on any atom is -0.378 e. The Morgan fingerprint density at radius 2 is 1.71 bits per heavy atom. The van der Waals surface area contributed by atoms with Gasteiger partial charge >= 0.3 is 0 Å². The molecule has 17 heavy (non-hydrogen) atoms. The van der Waals surface area contributed by atoms with E-state index in [4.69, 9.17) is 0 Å². The molecular formula is C14H13BrFN. The number of halogens is 2. The normalized spacial score (nSPS) is 12.2. The van der Waals surface area contributed by atoms with Crippen molar-refractivity contribution in [3.05, 3.63) is 64.4 Å². The van der Waals surface area contributed by atoms with E-state index in [0.717, 1.165) is 10.2 Å². The summed E-state index contributed by atoms with van der Waals surface area (Å²) in [7, 11) is 0. The van der Waals surface area contributed by atoms with E-state index in [9.17, 15) is 4.39 Å². The van der Waals surface area contributed by atoms with Crippen LogP contribution in [0.1, 0.15) is 18.5 Å². The van der Waals surface area contributed by atoms with Gasteiger partial charge < -0.3 is 5.32 Å². The molecule has 2 rings (SSSR count). The molecule has 0 heterocycles. The van der Waals surface area contributed by atoms with Gasteiger partial charge in [-0.05, 0) is 42.8 Å². The smallest absolute Gasteiger partial charge is 0.123 e. The van der Waals surface area contributed by atoms with Crippen molar-refractivity contribution >= 4 is 21.6 Å². The summed E-state index contributed by atoms with van der Waals surface area (Å²) in [6.07, 6.45) is 0. The molecule has 0 saturated carbocycles. The predicted molar refractivity (Wildman–Crippen MR) is 72.6 cm³/mol. The van der Waals surface area contributed by atoms with Gasteiger partial charge in [-0.25, -0.2) is 4.39 Å². The Bertz CT molecular complexity index is 496. The van der Waals surface area contributed by atoms with Crippen LogP contribution in [0.3, 0.4) is 0 Å². The quantitative estimate of drug-likeness (QED) is 0.860. The lowest BCUT2D eigenvalue weighted by molar-refractivity contribution is 0.628. The van der Waals surface area contributed by atoms with E-state index in [1.807, 2.05) is 18.2 Å². The standard InChI is InChI=1S/C14H13BrFN/c1-10(13-4-2-3-5-14(13)15)17-12-8-6-11(16)7-9-12/h2-10,17H,1H3. The first kappa shape index (κ1) is 12.1.